The van der Waals surface area contributed by atoms with Crippen LogP contribution < -0.4 is 10.1 Å². The maximum absolute atomic E-state index is 11.7. The maximum Gasteiger partial charge on any atom is 0.217 e. The predicted molar refractivity (Wildman–Crippen MR) is 103 cm³/mol. The Morgan fingerprint density at radius 2 is 2.17 bits per heavy atom. The van der Waals surface area contributed by atoms with Crippen LogP contribution in [0.3, 0.4) is 0 Å². The van der Waals surface area contributed by atoms with Crippen LogP contribution in [0.2, 0.25) is 0 Å². The lowest BCUT2D eigenvalue weighted by Crippen LogP contribution is -2.21. The molecule has 0 saturated heterocycles. The molecule has 29 heavy (non-hydrogen) atoms. The highest BCUT2D eigenvalue weighted by Gasteiger charge is 2.19. The molecule has 146 valence electrons. The Bertz CT molecular complexity index is 1210. The molecule has 0 spiro atoms. The third-order valence-electron chi connectivity index (χ3n) is 4.58. The summed E-state index contributed by atoms with van der Waals surface area (Å²) in [6.45, 7) is 0.489. The van der Waals surface area contributed by atoms with E-state index in [9.17, 15) is 4.79 Å². The number of hydrogen-bond acceptors (Lipinski definition) is 8. The second-order valence-corrected chi connectivity index (χ2v) is 6.67. The third kappa shape index (κ3) is 3.29. The quantitative estimate of drug-likeness (QED) is 0.521. The molecule has 5 heterocycles. The lowest BCUT2D eigenvalue weighted by atomic mass is 10.1. The van der Waals surface area contributed by atoms with E-state index in [-0.39, 0.29) is 19.0 Å². The fourth-order valence-corrected chi connectivity index (χ4v) is 3.25. The molecule has 0 fully saturated rings. The van der Waals surface area contributed by atoms with Gasteiger partial charge in [0, 0.05) is 48.5 Å². The molecule has 10 nitrogen and oxygen atoms in total. The predicted octanol–water partition coefficient (Wildman–Crippen LogP) is 1.23. The molecular weight excluding hydrogens is 374 g/mol. The third-order valence-corrected chi connectivity index (χ3v) is 4.58. The van der Waals surface area contributed by atoms with Gasteiger partial charge in [0.15, 0.2) is 17.2 Å². The number of aliphatic hydroxyl groups excluding tert-OH is 1. The van der Waals surface area contributed by atoms with Gasteiger partial charge >= 0.3 is 0 Å². The van der Waals surface area contributed by atoms with E-state index in [0.29, 0.717) is 36.0 Å². The number of pyridine rings is 1. The van der Waals surface area contributed by atoms with Crippen molar-refractivity contribution < 1.29 is 14.6 Å². The summed E-state index contributed by atoms with van der Waals surface area (Å²) in [5, 5.41) is 16.5. The highest BCUT2D eigenvalue weighted by atomic mass is 16.5. The van der Waals surface area contributed by atoms with Crippen molar-refractivity contribution >= 4 is 22.9 Å². The summed E-state index contributed by atoms with van der Waals surface area (Å²) in [5.74, 6) is 1.07. The minimum atomic E-state index is 0.0108. The number of imidazole rings is 1. The molecule has 0 unspecified atom stereocenters. The number of Topliss-reactive ketones (excluding diaryl/α,β-unsaturated/α-hetero) is 1. The normalized spacial score (nSPS) is 13.3. The van der Waals surface area contributed by atoms with Gasteiger partial charge in [0.05, 0.1) is 30.7 Å². The van der Waals surface area contributed by atoms with Gasteiger partial charge in [-0.15, -0.1) is 0 Å². The van der Waals surface area contributed by atoms with Gasteiger partial charge in [0.25, 0.3) is 0 Å². The van der Waals surface area contributed by atoms with Gasteiger partial charge < -0.3 is 19.6 Å². The summed E-state index contributed by atoms with van der Waals surface area (Å²) in [5.41, 5.74) is 3.60. The Labute approximate surface area is 164 Å². The largest absolute Gasteiger partial charge is 0.469 e. The van der Waals surface area contributed by atoms with Crippen LogP contribution in [0.25, 0.3) is 16.9 Å². The van der Waals surface area contributed by atoms with E-state index in [1.165, 1.54) is 0 Å². The average Bonchev–Trinajstić information content (AvgIpc) is 3.37. The fourth-order valence-electron chi connectivity index (χ4n) is 3.25. The minimum Gasteiger partial charge on any atom is -0.469 e. The number of anilines is 2. The van der Waals surface area contributed by atoms with Crippen LogP contribution in [-0.4, -0.2) is 53.2 Å². The van der Waals surface area contributed by atoms with Gasteiger partial charge in [0.1, 0.15) is 6.61 Å². The summed E-state index contributed by atoms with van der Waals surface area (Å²) < 4.78 is 8.88. The van der Waals surface area contributed by atoms with Crippen molar-refractivity contribution in [1.82, 2.24) is 29.1 Å². The number of carbonyl (C=O) groups excluding carboxylic acids is 1. The van der Waals surface area contributed by atoms with Crippen molar-refractivity contribution in [2.45, 2.75) is 13.0 Å². The van der Waals surface area contributed by atoms with E-state index in [0.717, 1.165) is 16.8 Å². The van der Waals surface area contributed by atoms with Crippen LogP contribution >= 0.6 is 0 Å². The molecule has 1 aliphatic heterocycles. The van der Waals surface area contributed by atoms with Gasteiger partial charge in [-0.1, -0.05) is 0 Å². The molecular formula is C19H17N7O3. The first-order valence-electron chi connectivity index (χ1n) is 9.07. The second kappa shape index (κ2) is 6.99. The number of ketones is 1. The molecule has 2 N–H and O–H groups in total. The van der Waals surface area contributed by atoms with Crippen LogP contribution in [-0.2, 0) is 17.8 Å². The maximum atomic E-state index is 11.7. The molecule has 10 heteroatoms. The Morgan fingerprint density at radius 1 is 1.24 bits per heavy atom. The molecule has 0 saturated carbocycles. The van der Waals surface area contributed by atoms with Crippen LogP contribution in [0.1, 0.15) is 5.56 Å². The number of aliphatic hydroxyl groups is 1. The second-order valence-electron chi connectivity index (χ2n) is 6.67. The highest BCUT2D eigenvalue weighted by Crippen LogP contribution is 2.28. The van der Waals surface area contributed by atoms with Crippen LogP contribution in [0.4, 0.5) is 11.5 Å². The Kier molecular flexibility index (Phi) is 4.17. The van der Waals surface area contributed by atoms with E-state index < -0.39 is 0 Å². The topological polar surface area (TPSA) is 119 Å². The number of ether oxygens (including phenoxy) is 1. The fraction of sp³-hybridized carbons (Fsp3) is 0.211. The number of aromatic nitrogens is 6. The molecule has 5 rings (SSSR count). The van der Waals surface area contributed by atoms with E-state index in [1.54, 1.807) is 29.5 Å². The van der Waals surface area contributed by atoms with Crippen molar-refractivity contribution in [3.63, 3.8) is 0 Å². The Hall–Kier alpha value is -3.79. The van der Waals surface area contributed by atoms with Crippen molar-refractivity contribution in [3.05, 3.63) is 48.8 Å². The molecule has 0 aliphatic carbocycles. The summed E-state index contributed by atoms with van der Waals surface area (Å²) in [4.78, 5) is 25.1. The standard InChI is InChI=1S/C19H17N7O3/c27-4-3-26-9-14(8-22-26)23-17-18-20-1-2-25(18)10-16(24-17)13-5-12-6-15(28)11-29-19(12)21-7-13/h1-2,5,7-10,27H,3-4,6,11H2,(H,23,24). The van der Waals surface area contributed by atoms with E-state index in [1.807, 2.05) is 22.9 Å². The zero-order chi connectivity index (χ0) is 19.8. The van der Waals surface area contributed by atoms with E-state index >= 15 is 0 Å². The number of carbonyl (C=O) groups is 1. The first kappa shape index (κ1) is 17.3. The highest BCUT2D eigenvalue weighted by molar-refractivity contribution is 5.84. The van der Waals surface area contributed by atoms with Crippen LogP contribution in [0, 0.1) is 0 Å². The molecule has 0 bridgehead atoms. The monoisotopic (exact) mass is 391 g/mol. The minimum absolute atomic E-state index is 0.0108. The van der Waals surface area contributed by atoms with Crippen LogP contribution in [0.5, 0.6) is 5.88 Å². The number of nitrogens with zero attached hydrogens (tertiary/aromatic N) is 6. The van der Waals surface area contributed by atoms with Crippen molar-refractivity contribution in [2.24, 2.45) is 0 Å². The average molecular weight is 391 g/mol. The zero-order valence-corrected chi connectivity index (χ0v) is 15.3. The van der Waals surface area contributed by atoms with Crippen molar-refractivity contribution in [3.8, 4) is 17.1 Å². The number of hydrogen-bond donors (Lipinski definition) is 2. The summed E-state index contributed by atoms with van der Waals surface area (Å²) in [6, 6.07) is 1.88. The summed E-state index contributed by atoms with van der Waals surface area (Å²) in [6.07, 6.45) is 10.8. The van der Waals surface area contributed by atoms with Crippen molar-refractivity contribution in [2.75, 3.05) is 18.5 Å². The smallest absolute Gasteiger partial charge is 0.217 e. The first-order valence-corrected chi connectivity index (χ1v) is 9.07. The number of fused-ring (bicyclic) bond motifs is 2. The molecule has 0 amide bonds. The Balaban J connectivity index is 1.53. The molecule has 0 aromatic carbocycles. The molecule has 4 aromatic heterocycles. The molecule has 1 aliphatic rings. The van der Waals surface area contributed by atoms with Gasteiger partial charge in [-0.3, -0.25) is 9.48 Å². The summed E-state index contributed by atoms with van der Waals surface area (Å²) in [7, 11) is 0. The number of rotatable bonds is 5. The molecule has 0 radical (unpaired) electrons. The van der Waals surface area contributed by atoms with Gasteiger partial charge in [-0.05, 0) is 6.07 Å². The van der Waals surface area contributed by atoms with Crippen LogP contribution in [0.15, 0.2) is 43.2 Å². The number of nitrogens with one attached hydrogen (secondary N) is 1. The van der Waals surface area contributed by atoms with Crippen molar-refractivity contribution in [1.29, 1.82) is 0 Å². The lowest BCUT2D eigenvalue weighted by Gasteiger charge is -2.16. The SMILES string of the molecule is O=C1COc2ncc(-c3cn4ccnc4c(Nc4cnn(CCO)c4)n3)cc2C1. The Morgan fingerprint density at radius 3 is 3.07 bits per heavy atom. The van der Waals surface area contributed by atoms with Gasteiger partial charge in [0.2, 0.25) is 5.88 Å². The molecule has 0 atom stereocenters. The molecule has 4 aromatic rings. The van der Waals surface area contributed by atoms with Gasteiger partial charge in [-0.25, -0.2) is 15.0 Å². The van der Waals surface area contributed by atoms with Gasteiger partial charge in [-0.2, -0.15) is 5.10 Å². The zero-order valence-electron chi connectivity index (χ0n) is 15.3. The summed E-state index contributed by atoms with van der Waals surface area (Å²) >= 11 is 0. The first-order chi connectivity index (χ1) is 14.2. The van der Waals surface area contributed by atoms with E-state index in [4.69, 9.17) is 14.8 Å². The lowest BCUT2D eigenvalue weighted by molar-refractivity contribution is -0.121. The van der Waals surface area contributed by atoms with E-state index in [2.05, 4.69) is 20.4 Å².